The van der Waals surface area contributed by atoms with Crippen molar-refractivity contribution in [2.24, 2.45) is 5.92 Å². The van der Waals surface area contributed by atoms with Gasteiger partial charge in [0.2, 0.25) is 0 Å². The highest BCUT2D eigenvalue weighted by atomic mass is 16.8. The molecule has 0 spiro atoms. The zero-order chi connectivity index (χ0) is 22.0. The Morgan fingerprint density at radius 2 is 2.03 bits per heavy atom. The number of hydroxylamine groups is 1. The van der Waals surface area contributed by atoms with Gasteiger partial charge in [-0.3, -0.25) is 19.9 Å². The van der Waals surface area contributed by atoms with Crippen LogP contribution in [-0.4, -0.2) is 53.6 Å². The van der Waals surface area contributed by atoms with Gasteiger partial charge in [-0.05, 0) is 43.4 Å². The third kappa shape index (κ3) is 7.83. The Labute approximate surface area is 176 Å². The van der Waals surface area contributed by atoms with E-state index < -0.39 is 23.7 Å². The van der Waals surface area contributed by atoms with Crippen LogP contribution < -0.4 is 10.8 Å². The van der Waals surface area contributed by atoms with Crippen molar-refractivity contribution in [1.29, 1.82) is 0 Å². The van der Waals surface area contributed by atoms with Crippen molar-refractivity contribution in [2.45, 2.75) is 52.0 Å². The summed E-state index contributed by atoms with van der Waals surface area (Å²) in [5.74, 6) is -0.914. The first-order valence-corrected chi connectivity index (χ1v) is 10.1. The molecule has 30 heavy (non-hydrogen) atoms. The van der Waals surface area contributed by atoms with Crippen LogP contribution in [0.25, 0.3) is 6.08 Å². The van der Waals surface area contributed by atoms with Gasteiger partial charge in [0, 0.05) is 32.0 Å². The molecule has 1 saturated heterocycles. The molecular formula is C21H31N3O6. The molecule has 9 nitrogen and oxygen atoms in total. The Morgan fingerprint density at radius 3 is 2.63 bits per heavy atom. The maximum absolute atomic E-state index is 11.8. The molecule has 1 aliphatic rings. The molecule has 1 aliphatic heterocycles. The number of carboxylic acid groups (broad SMARTS) is 1. The van der Waals surface area contributed by atoms with E-state index in [1.54, 1.807) is 25.3 Å². The molecule has 0 bridgehead atoms. The van der Waals surface area contributed by atoms with Gasteiger partial charge >= 0.3 is 5.97 Å². The first-order chi connectivity index (χ1) is 14.3. The van der Waals surface area contributed by atoms with Crippen LogP contribution in [0.4, 0.5) is 0 Å². The summed E-state index contributed by atoms with van der Waals surface area (Å²) in [4.78, 5) is 32.9. The van der Waals surface area contributed by atoms with Crippen molar-refractivity contribution in [3.8, 4) is 0 Å². The average Bonchev–Trinajstić information content (AvgIpc) is 2.74. The van der Waals surface area contributed by atoms with E-state index in [1.807, 2.05) is 19.9 Å². The number of pyridine rings is 1. The lowest BCUT2D eigenvalue weighted by Gasteiger charge is -2.34. The fourth-order valence-electron chi connectivity index (χ4n) is 2.79. The molecule has 2 rings (SSSR count). The van der Waals surface area contributed by atoms with Crippen LogP contribution >= 0.6 is 0 Å². The van der Waals surface area contributed by atoms with E-state index in [0.29, 0.717) is 50.8 Å². The van der Waals surface area contributed by atoms with Crippen LogP contribution in [-0.2, 0) is 30.4 Å². The van der Waals surface area contributed by atoms with Crippen LogP contribution in [0.2, 0.25) is 0 Å². The molecule has 1 aromatic rings. The standard InChI is InChI=1S/C21H31N3O6/c1-15(2)14-29-16(3)30-24-19(25)7-6-18-5-4-17(12-22-18)13-23-21(20(26)27)8-10-28-11-9-21/h4-7,12,15-16,23H,8-11,13-14H2,1-3H3,(H,24,25)(H,26,27). The van der Waals surface area contributed by atoms with Gasteiger partial charge in [0.1, 0.15) is 5.54 Å². The maximum atomic E-state index is 11.8. The van der Waals surface area contributed by atoms with Crippen molar-refractivity contribution in [3.05, 3.63) is 35.7 Å². The highest BCUT2D eigenvalue weighted by Crippen LogP contribution is 2.21. The monoisotopic (exact) mass is 421 g/mol. The van der Waals surface area contributed by atoms with Crippen LogP contribution in [0, 0.1) is 5.92 Å². The minimum atomic E-state index is -0.967. The largest absolute Gasteiger partial charge is 0.480 e. The Morgan fingerprint density at radius 1 is 1.30 bits per heavy atom. The molecule has 0 saturated carbocycles. The second-order valence-corrected chi connectivity index (χ2v) is 7.66. The van der Waals surface area contributed by atoms with Gasteiger partial charge in [-0.2, -0.15) is 0 Å². The molecule has 1 aromatic heterocycles. The van der Waals surface area contributed by atoms with Crippen molar-refractivity contribution >= 4 is 18.0 Å². The summed E-state index contributed by atoms with van der Waals surface area (Å²) in [6.45, 7) is 7.53. The van der Waals surface area contributed by atoms with Crippen LogP contribution in [0.3, 0.4) is 0 Å². The molecule has 0 aliphatic carbocycles. The summed E-state index contributed by atoms with van der Waals surface area (Å²) in [5, 5.41) is 12.7. The smallest absolute Gasteiger partial charge is 0.324 e. The highest BCUT2D eigenvalue weighted by Gasteiger charge is 2.39. The highest BCUT2D eigenvalue weighted by molar-refractivity contribution is 5.90. The third-order valence-corrected chi connectivity index (χ3v) is 4.63. The number of nitrogens with zero attached hydrogens (tertiary/aromatic N) is 1. The van der Waals surface area contributed by atoms with Crippen molar-refractivity contribution in [3.63, 3.8) is 0 Å². The van der Waals surface area contributed by atoms with Crippen molar-refractivity contribution in [2.75, 3.05) is 19.8 Å². The van der Waals surface area contributed by atoms with Crippen molar-refractivity contribution < 1.29 is 29.0 Å². The SMILES string of the molecule is CC(C)COC(C)ONC(=O)C=Cc1ccc(CNC2(C(=O)O)CCOCC2)cn1. The lowest BCUT2D eigenvalue weighted by molar-refractivity contribution is -0.180. The van der Waals surface area contributed by atoms with Gasteiger partial charge in [-0.1, -0.05) is 19.9 Å². The summed E-state index contributed by atoms with van der Waals surface area (Å²) in [5.41, 5.74) is 2.78. The Balaban J connectivity index is 1.79. The molecule has 166 valence electrons. The number of carbonyl (C=O) groups excluding carboxylic acids is 1. The second kappa shape index (κ2) is 11.8. The molecule has 1 unspecified atom stereocenters. The number of hydrogen-bond donors (Lipinski definition) is 3. The topological polar surface area (TPSA) is 119 Å². The lowest BCUT2D eigenvalue weighted by atomic mass is 9.90. The van der Waals surface area contributed by atoms with E-state index in [9.17, 15) is 14.7 Å². The summed E-state index contributed by atoms with van der Waals surface area (Å²) in [7, 11) is 0. The second-order valence-electron chi connectivity index (χ2n) is 7.66. The Kier molecular flexibility index (Phi) is 9.38. The van der Waals surface area contributed by atoms with E-state index in [-0.39, 0.29) is 0 Å². The van der Waals surface area contributed by atoms with E-state index >= 15 is 0 Å². The predicted octanol–water partition coefficient (Wildman–Crippen LogP) is 1.88. The average molecular weight is 421 g/mol. The third-order valence-electron chi connectivity index (χ3n) is 4.63. The molecular weight excluding hydrogens is 390 g/mol. The van der Waals surface area contributed by atoms with Gasteiger partial charge in [-0.15, -0.1) is 0 Å². The first kappa shape index (κ1) is 23.9. The summed E-state index contributed by atoms with van der Waals surface area (Å²) < 4.78 is 10.7. The van der Waals surface area contributed by atoms with Gasteiger partial charge in [0.15, 0.2) is 6.29 Å². The van der Waals surface area contributed by atoms with E-state index in [4.69, 9.17) is 14.3 Å². The summed E-state index contributed by atoms with van der Waals surface area (Å²) in [6.07, 6.45) is 4.84. The lowest BCUT2D eigenvalue weighted by Crippen LogP contribution is -2.55. The number of hydrogen-bond acceptors (Lipinski definition) is 7. The zero-order valence-electron chi connectivity index (χ0n) is 17.7. The predicted molar refractivity (Wildman–Crippen MR) is 110 cm³/mol. The number of carboxylic acids is 1. The first-order valence-electron chi connectivity index (χ1n) is 10.1. The van der Waals surface area contributed by atoms with Crippen molar-refractivity contribution in [1.82, 2.24) is 15.8 Å². The van der Waals surface area contributed by atoms with Gasteiger partial charge < -0.3 is 14.6 Å². The van der Waals surface area contributed by atoms with Gasteiger partial charge in [0.25, 0.3) is 5.91 Å². The van der Waals surface area contributed by atoms with Gasteiger partial charge in [0.05, 0.1) is 12.3 Å². The molecule has 0 radical (unpaired) electrons. The van der Waals surface area contributed by atoms with E-state index in [1.165, 1.54) is 6.08 Å². The fourth-order valence-corrected chi connectivity index (χ4v) is 2.79. The maximum Gasteiger partial charge on any atom is 0.324 e. The number of ether oxygens (including phenoxy) is 2. The number of aliphatic carboxylic acids is 1. The molecule has 9 heteroatoms. The zero-order valence-corrected chi connectivity index (χ0v) is 17.7. The number of aromatic nitrogens is 1. The minimum Gasteiger partial charge on any atom is -0.480 e. The molecule has 1 fully saturated rings. The molecule has 3 N–H and O–H groups in total. The number of carbonyl (C=O) groups is 2. The number of rotatable bonds is 11. The van der Waals surface area contributed by atoms with Crippen LogP contribution in [0.15, 0.2) is 24.4 Å². The van der Waals surface area contributed by atoms with Crippen LogP contribution in [0.5, 0.6) is 0 Å². The normalized spacial score (nSPS) is 17.2. The Bertz CT molecular complexity index is 714. The number of amides is 1. The van der Waals surface area contributed by atoms with Crippen LogP contribution in [0.1, 0.15) is 44.9 Å². The molecule has 0 aromatic carbocycles. The fraction of sp³-hybridized carbons (Fsp3) is 0.571. The van der Waals surface area contributed by atoms with Gasteiger partial charge in [-0.25, -0.2) is 10.3 Å². The molecule has 1 amide bonds. The Hall–Kier alpha value is -2.33. The van der Waals surface area contributed by atoms with E-state index in [0.717, 1.165) is 5.56 Å². The molecule has 1 atom stereocenters. The van der Waals surface area contributed by atoms with E-state index in [2.05, 4.69) is 15.8 Å². The quantitative estimate of drug-likeness (QED) is 0.282. The number of nitrogens with one attached hydrogen (secondary N) is 2. The summed E-state index contributed by atoms with van der Waals surface area (Å²) >= 11 is 0. The summed E-state index contributed by atoms with van der Waals surface area (Å²) in [6, 6.07) is 3.60. The minimum absolute atomic E-state index is 0.377. The molecule has 2 heterocycles.